The lowest BCUT2D eigenvalue weighted by Crippen LogP contribution is -2.12. The van der Waals surface area contributed by atoms with Crippen LogP contribution in [0.2, 0.25) is 0 Å². The number of benzene rings is 2. The summed E-state index contributed by atoms with van der Waals surface area (Å²) in [7, 11) is 0. The quantitative estimate of drug-likeness (QED) is 0.437. The zero-order valence-corrected chi connectivity index (χ0v) is 18.0. The lowest BCUT2D eigenvalue weighted by molar-refractivity contribution is 0.284. The number of hydrogen-bond acceptors (Lipinski definition) is 4. The van der Waals surface area contributed by atoms with Crippen molar-refractivity contribution >= 4 is 11.8 Å². The molecule has 0 amide bonds. The van der Waals surface area contributed by atoms with Crippen molar-refractivity contribution in [1.82, 2.24) is 14.8 Å². The fourth-order valence-electron chi connectivity index (χ4n) is 2.88. The number of rotatable bonds is 9. The van der Waals surface area contributed by atoms with E-state index in [0.29, 0.717) is 12.5 Å². The first-order chi connectivity index (χ1) is 13.5. The van der Waals surface area contributed by atoms with Crippen molar-refractivity contribution in [3.8, 4) is 5.75 Å². The molecule has 0 fully saturated rings. The number of thioether (sulfide) groups is 1. The van der Waals surface area contributed by atoms with Gasteiger partial charge in [-0.15, -0.1) is 10.2 Å². The molecule has 0 bridgehead atoms. The third-order valence-electron chi connectivity index (χ3n) is 4.53. The van der Waals surface area contributed by atoms with Gasteiger partial charge in [0.25, 0.3) is 0 Å². The third-order valence-corrected chi connectivity index (χ3v) is 5.57. The van der Waals surface area contributed by atoms with Gasteiger partial charge in [-0.3, -0.25) is 0 Å². The predicted molar refractivity (Wildman–Crippen MR) is 116 cm³/mol. The molecule has 5 heteroatoms. The van der Waals surface area contributed by atoms with Crippen molar-refractivity contribution in [3.05, 3.63) is 71.0 Å². The maximum absolute atomic E-state index is 5.97. The van der Waals surface area contributed by atoms with E-state index in [2.05, 4.69) is 78.9 Å². The van der Waals surface area contributed by atoms with Gasteiger partial charge in [0.2, 0.25) is 0 Å². The molecule has 0 aliphatic heterocycles. The van der Waals surface area contributed by atoms with Crippen LogP contribution in [0.5, 0.6) is 5.75 Å². The summed E-state index contributed by atoms with van der Waals surface area (Å²) < 4.78 is 8.17. The van der Waals surface area contributed by atoms with Gasteiger partial charge < -0.3 is 9.30 Å². The van der Waals surface area contributed by atoms with Crippen LogP contribution in [0.4, 0.5) is 0 Å². The van der Waals surface area contributed by atoms with Crippen LogP contribution >= 0.6 is 11.8 Å². The van der Waals surface area contributed by atoms with Gasteiger partial charge in [-0.1, -0.05) is 74.5 Å². The van der Waals surface area contributed by atoms with Gasteiger partial charge in [0.1, 0.15) is 12.4 Å². The highest BCUT2D eigenvalue weighted by Crippen LogP contribution is 2.24. The third kappa shape index (κ3) is 5.61. The van der Waals surface area contributed by atoms with Crippen LogP contribution in [0, 0.1) is 12.8 Å². The molecule has 2 aromatic carbocycles. The van der Waals surface area contributed by atoms with E-state index in [1.807, 2.05) is 12.1 Å². The Hall–Kier alpha value is -2.27. The first kappa shape index (κ1) is 20.5. The molecule has 0 spiro atoms. The Morgan fingerprint density at radius 2 is 1.64 bits per heavy atom. The SMILES string of the molecule is CCc1ccc(OCc2nnc(SCc3ccc(C)cc3)n2CC(C)C)cc1. The summed E-state index contributed by atoms with van der Waals surface area (Å²) in [4.78, 5) is 0. The Balaban J connectivity index is 1.68. The first-order valence-electron chi connectivity index (χ1n) is 9.87. The molecule has 0 saturated heterocycles. The molecular weight excluding hydrogens is 366 g/mol. The highest BCUT2D eigenvalue weighted by atomic mass is 32.2. The van der Waals surface area contributed by atoms with Crippen LogP contribution in [-0.4, -0.2) is 14.8 Å². The summed E-state index contributed by atoms with van der Waals surface area (Å²) in [5, 5.41) is 9.80. The molecule has 4 nitrogen and oxygen atoms in total. The Labute approximate surface area is 172 Å². The molecule has 0 aliphatic carbocycles. The van der Waals surface area contributed by atoms with E-state index < -0.39 is 0 Å². The maximum atomic E-state index is 5.97. The minimum atomic E-state index is 0.427. The number of aryl methyl sites for hydroxylation is 2. The molecule has 3 aromatic rings. The van der Waals surface area contributed by atoms with E-state index in [9.17, 15) is 0 Å². The van der Waals surface area contributed by atoms with Crippen LogP contribution in [0.25, 0.3) is 0 Å². The van der Waals surface area contributed by atoms with E-state index in [1.54, 1.807) is 11.8 Å². The molecule has 1 aromatic heterocycles. The molecule has 28 heavy (non-hydrogen) atoms. The highest BCUT2D eigenvalue weighted by Gasteiger charge is 2.14. The van der Waals surface area contributed by atoms with E-state index in [4.69, 9.17) is 4.74 Å². The van der Waals surface area contributed by atoms with Gasteiger partial charge in [-0.05, 0) is 42.5 Å². The van der Waals surface area contributed by atoms with E-state index in [-0.39, 0.29) is 0 Å². The molecule has 0 atom stereocenters. The summed E-state index contributed by atoms with van der Waals surface area (Å²) in [6, 6.07) is 16.9. The largest absolute Gasteiger partial charge is 0.486 e. The van der Waals surface area contributed by atoms with Gasteiger partial charge in [0.15, 0.2) is 11.0 Å². The van der Waals surface area contributed by atoms with Gasteiger partial charge in [0.05, 0.1) is 0 Å². The summed E-state index contributed by atoms with van der Waals surface area (Å²) in [6.07, 6.45) is 1.03. The van der Waals surface area contributed by atoms with Crippen LogP contribution in [0.1, 0.15) is 43.3 Å². The Morgan fingerprint density at radius 1 is 0.964 bits per heavy atom. The molecule has 148 valence electrons. The Morgan fingerprint density at radius 3 is 2.29 bits per heavy atom. The summed E-state index contributed by atoms with van der Waals surface area (Å²) >= 11 is 1.73. The fourth-order valence-corrected chi connectivity index (χ4v) is 3.81. The zero-order valence-electron chi connectivity index (χ0n) is 17.2. The molecule has 0 radical (unpaired) electrons. The summed E-state index contributed by atoms with van der Waals surface area (Å²) in [5.74, 6) is 3.14. The number of aromatic nitrogens is 3. The average Bonchev–Trinajstić information content (AvgIpc) is 3.07. The smallest absolute Gasteiger partial charge is 0.191 e. The van der Waals surface area contributed by atoms with Crippen molar-refractivity contribution in [3.63, 3.8) is 0 Å². The standard InChI is InChI=1S/C23H29N3OS/c1-5-19-10-12-21(13-11-19)27-15-22-24-25-23(26(22)14-17(2)3)28-16-20-8-6-18(4)7-9-20/h6-13,17H,5,14-16H2,1-4H3. The maximum Gasteiger partial charge on any atom is 0.191 e. The van der Waals surface area contributed by atoms with Crippen molar-refractivity contribution in [2.24, 2.45) is 5.92 Å². The van der Waals surface area contributed by atoms with Gasteiger partial charge >= 0.3 is 0 Å². The molecule has 3 rings (SSSR count). The lowest BCUT2D eigenvalue weighted by Gasteiger charge is -2.13. The topological polar surface area (TPSA) is 39.9 Å². The van der Waals surface area contributed by atoms with Crippen LogP contribution in [0.15, 0.2) is 53.7 Å². The van der Waals surface area contributed by atoms with Crippen LogP contribution in [0.3, 0.4) is 0 Å². The van der Waals surface area contributed by atoms with Crippen LogP contribution < -0.4 is 4.74 Å². The molecule has 1 heterocycles. The van der Waals surface area contributed by atoms with Gasteiger partial charge in [-0.2, -0.15) is 0 Å². The summed E-state index contributed by atoms with van der Waals surface area (Å²) in [5.41, 5.74) is 3.89. The molecule has 0 N–H and O–H groups in total. The second-order valence-electron chi connectivity index (χ2n) is 7.46. The van der Waals surface area contributed by atoms with Crippen molar-refractivity contribution in [2.45, 2.75) is 58.2 Å². The molecular formula is C23H29N3OS. The molecule has 0 unspecified atom stereocenters. The van der Waals surface area contributed by atoms with E-state index >= 15 is 0 Å². The zero-order chi connectivity index (χ0) is 19.9. The Kier molecular flexibility index (Phi) is 7.15. The predicted octanol–water partition coefficient (Wildman–Crippen LogP) is 5.68. The number of nitrogens with zero attached hydrogens (tertiary/aromatic N) is 3. The Bertz CT molecular complexity index is 870. The lowest BCUT2D eigenvalue weighted by atomic mass is 10.2. The minimum absolute atomic E-state index is 0.427. The average molecular weight is 396 g/mol. The van der Waals surface area contributed by atoms with Gasteiger partial charge in [-0.25, -0.2) is 0 Å². The van der Waals surface area contributed by atoms with Crippen molar-refractivity contribution in [1.29, 1.82) is 0 Å². The number of ether oxygens (including phenoxy) is 1. The molecule has 0 aliphatic rings. The second kappa shape index (κ2) is 9.78. The normalized spacial score (nSPS) is 11.2. The monoisotopic (exact) mass is 395 g/mol. The molecule has 0 saturated carbocycles. The highest BCUT2D eigenvalue weighted by molar-refractivity contribution is 7.98. The minimum Gasteiger partial charge on any atom is -0.486 e. The second-order valence-corrected chi connectivity index (χ2v) is 8.41. The van der Waals surface area contributed by atoms with E-state index in [1.165, 1.54) is 16.7 Å². The fraction of sp³-hybridized carbons (Fsp3) is 0.391. The van der Waals surface area contributed by atoms with Crippen LogP contribution in [-0.2, 0) is 25.3 Å². The first-order valence-corrected chi connectivity index (χ1v) is 10.9. The number of hydrogen-bond donors (Lipinski definition) is 0. The van der Waals surface area contributed by atoms with Crippen molar-refractivity contribution < 1.29 is 4.74 Å². The van der Waals surface area contributed by atoms with Gasteiger partial charge in [0, 0.05) is 12.3 Å². The summed E-state index contributed by atoms with van der Waals surface area (Å²) in [6.45, 7) is 10.00. The van der Waals surface area contributed by atoms with Crippen molar-refractivity contribution in [2.75, 3.05) is 0 Å². The van der Waals surface area contributed by atoms with E-state index in [0.717, 1.165) is 35.4 Å².